The van der Waals surface area contributed by atoms with Crippen molar-refractivity contribution in [3.63, 3.8) is 0 Å². The molecule has 7 atom stereocenters. The molecule has 1 saturated heterocycles. The number of Topliss-reactive ketones (excluding diaryl/α,β-unsaturated/α-hetero) is 1. The van der Waals surface area contributed by atoms with Gasteiger partial charge in [0.15, 0.2) is 0 Å². The molecule has 23 heavy (non-hydrogen) atoms. The molecular weight excluding hydrogens is 288 g/mol. The number of ether oxygens (including phenoxy) is 1. The van der Waals surface area contributed by atoms with E-state index in [0.717, 1.165) is 12.8 Å². The molecule has 0 aromatic rings. The van der Waals surface area contributed by atoms with Gasteiger partial charge in [-0.25, -0.2) is 0 Å². The van der Waals surface area contributed by atoms with Crippen LogP contribution in [0.5, 0.6) is 0 Å². The predicted molar refractivity (Wildman–Crippen MR) is 87.5 cm³/mol. The lowest BCUT2D eigenvalue weighted by molar-refractivity contribution is -0.156. The van der Waals surface area contributed by atoms with Gasteiger partial charge in [0.1, 0.15) is 11.9 Å². The normalized spacial score (nSPS) is 48.7. The summed E-state index contributed by atoms with van der Waals surface area (Å²) in [6, 6.07) is 0. The summed E-state index contributed by atoms with van der Waals surface area (Å²) in [5, 5.41) is 0. The Morgan fingerprint density at radius 2 is 1.96 bits per heavy atom. The summed E-state index contributed by atoms with van der Waals surface area (Å²) in [6.45, 7) is 8.72. The third-order valence-corrected chi connectivity index (χ3v) is 7.36. The number of esters is 1. The summed E-state index contributed by atoms with van der Waals surface area (Å²) in [5.41, 5.74) is 0.971. The molecule has 0 radical (unpaired) electrons. The molecule has 0 aromatic heterocycles. The van der Waals surface area contributed by atoms with Gasteiger partial charge in [0.25, 0.3) is 0 Å². The fraction of sp³-hybridized carbons (Fsp3) is 0.800. The standard InChI is InChI=1S/C20H28O3/c1-10(2)13-9-16(21)20(4)15-6-5-11(3)7-12(15)8-14-17(20)18(13)23-19(14)22/h8,10-11,13-15,17-18H,5-7,9H2,1-4H3/t11-,13-,14-,15-,17+,18+,20-/m0/s1. The molecule has 0 bridgehead atoms. The number of hydrogen-bond acceptors (Lipinski definition) is 3. The average Bonchev–Trinajstić information content (AvgIpc) is 2.80. The SMILES string of the molecule is CC(C)[C@@H]1CC(=O)[C@@]2(C)[C@H]3[C@@H]1OC(=O)[C@H]3C=C1C[C@@H](C)CC[C@@H]12. The Morgan fingerprint density at radius 3 is 2.65 bits per heavy atom. The third kappa shape index (κ3) is 1.94. The van der Waals surface area contributed by atoms with Gasteiger partial charge >= 0.3 is 5.97 Å². The van der Waals surface area contributed by atoms with Crippen LogP contribution in [0.15, 0.2) is 11.6 Å². The summed E-state index contributed by atoms with van der Waals surface area (Å²) < 4.78 is 5.86. The van der Waals surface area contributed by atoms with E-state index < -0.39 is 5.41 Å². The quantitative estimate of drug-likeness (QED) is 0.546. The molecular formula is C20H28O3. The second-order valence-corrected chi connectivity index (χ2v) is 8.95. The van der Waals surface area contributed by atoms with Crippen molar-refractivity contribution >= 4 is 11.8 Å². The van der Waals surface area contributed by atoms with E-state index in [9.17, 15) is 9.59 Å². The van der Waals surface area contributed by atoms with Crippen molar-refractivity contribution in [3.8, 4) is 0 Å². The molecule has 4 rings (SSSR count). The first-order chi connectivity index (χ1) is 10.8. The van der Waals surface area contributed by atoms with E-state index in [4.69, 9.17) is 4.74 Å². The molecule has 3 fully saturated rings. The van der Waals surface area contributed by atoms with Crippen LogP contribution in [-0.2, 0) is 14.3 Å². The van der Waals surface area contributed by atoms with Gasteiger partial charge in [-0.05, 0) is 37.0 Å². The zero-order chi connectivity index (χ0) is 16.5. The predicted octanol–water partition coefficient (Wildman–Crippen LogP) is 3.77. The van der Waals surface area contributed by atoms with E-state index in [1.54, 1.807) is 0 Å². The van der Waals surface area contributed by atoms with Gasteiger partial charge < -0.3 is 4.74 Å². The monoisotopic (exact) mass is 316 g/mol. The maximum Gasteiger partial charge on any atom is 0.313 e. The van der Waals surface area contributed by atoms with E-state index in [2.05, 4.69) is 33.8 Å². The highest BCUT2D eigenvalue weighted by Crippen LogP contribution is 2.62. The summed E-state index contributed by atoms with van der Waals surface area (Å²) >= 11 is 0. The number of ketones is 1. The van der Waals surface area contributed by atoms with Gasteiger partial charge in [-0.3, -0.25) is 9.59 Å². The lowest BCUT2D eigenvalue weighted by Crippen LogP contribution is -2.57. The smallest absolute Gasteiger partial charge is 0.313 e. The van der Waals surface area contributed by atoms with Crippen LogP contribution >= 0.6 is 0 Å². The van der Waals surface area contributed by atoms with Crippen LogP contribution in [0.1, 0.15) is 53.4 Å². The largest absolute Gasteiger partial charge is 0.461 e. The van der Waals surface area contributed by atoms with Gasteiger partial charge in [-0.2, -0.15) is 0 Å². The Hall–Kier alpha value is -1.12. The Labute approximate surface area is 138 Å². The van der Waals surface area contributed by atoms with Crippen LogP contribution in [0.3, 0.4) is 0 Å². The highest BCUT2D eigenvalue weighted by atomic mass is 16.6. The lowest BCUT2D eigenvalue weighted by Gasteiger charge is -2.54. The number of fused-ring (bicyclic) bond motifs is 2. The molecule has 3 aliphatic carbocycles. The first kappa shape index (κ1) is 15.4. The molecule has 0 aromatic carbocycles. The first-order valence-electron chi connectivity index (χ1n) is 9.28. The fourth-order valence-electron chi connectivity index (χ4n) is 6.04. The van der Waals surface area contributed by atoms with Crippen LogP contribution in [0.2, 0.25) is 0 Å². The van der Waals surface area contributed by atoms with Crippen molar-refractivity contribution in [2.45, 2.75) is 59.5 Å². The average molecular weight is 316 g/mol. The summed E-state index contributed by atoms with van der Waals surface area (Å²) in [4.78, 5) is 25.8. The van der Waals surface area contributed by atoms with E-state index in [1.165, 1.54) is 12.0 Å². The molecule has 0 spiro atoms. The van der Waals surface area contributed by atoms with Crippen molar-refractivity contribution < 1.29 is 14.3 Å². The topological polar surface area (TPSA) is 43.4 Å². The fourth-order valence-corrected chi connectivity index (χ4v) is 6.04. The van der Waals surface area contributed by atoms with Crippen molar-refractivity contribution in [1.29, 1.82) is 0 Å². The second-order valence-electron chi connectivity index (χ2n) is 8.95. The third-order valence-electron chi connectivity index (χ3n) is 7.36. The van der Waals surface area contributed by atoms with Gasteiger partial charge in [0, 0.05) is 23.7 Å². The van der Waals surface area contributed by atoms with Crippen LogP contribution in [-0.4, -0.2) is 17.9 Å². The van der Waals surface area contributed by atoms with Crippen LogP contribution in [0.4, 0.5) is 0 Å². The lowest BCUT2D eigenvalue weighted by atomic mass is 9.47. The van der Waals surface area contributed by atoms with E-state index >= 15 is 0 Å². The van der Waals surface area contributed by atoms with Crippen molar-refractivity contribution in [3.05, 3.63) is 11.6 Å². The highest BCUT2D eigenvalue weighted by molar-refractivity contribution is 5.90. The molecule has 2 saturated carbocycles. The summed E-state index contributed by atoms with van der Waals surface area (Å²) in [5.74, 6) is 1.72. The van der Waals surface area contributed by atoms with Gasteiger partial charge in [-0.1, -0.05) is 39.3 Å². The number of rotatable bonds is 1. The zero-order valence-corrected chi connectivity index (χ0v) is 14.7. The molecule has 1 heterocycles. The van der Waals surface area contributed by atoms with E-state index in [0.29, 0.717) is 30.0 Å². The molecule has 0 N–H and O–H groups in total. The molecule has 3 heteroatoms. The van der Waals surface area contributed by atoms with Gasteiger partial charge in [0.05, 0.1) is 5.92 Å². The Balaban J connectivity index is 1.83. The van der Waals surface area contributed by atoms with Gasteiger partial charge in [-0.15, -0.1) is 0 Å². The molecule has 3 nitrogen and oxygen atoms in total. The summed E-state index contributed by atoms with van der Waals surface area (Å²) in [7, 11) is 0. The van der Waals surface area contributed by atoms with Gasteiger partial charge in [0.2, 0.25) is 0 Å². The highest BCUT2D eigenvalue weighted by Gasteiger charge is 2.66. The molecule has 0 unspecified atom stereocenters. The molecule has 0 amide bonds. The maximum absolute atomic E-state index is 13.2. The molecule has 126 valence electrons. The first-order valence-corrected chi connectivity index (χ1v) is 9.28. The number of hydrogen-bond donors (Lipinski definition) is 0. The Morgan fingerprint density at radius 1 is 1.22 bits per heavy atom. The van der Waals surface area contributed by atoms with Crippen molar-refractivity contribution in [1.82, 2.24) is 0 Å². The molecule has 1 aliphatic heterocycles. The van der Waals surface area contributed by atoms with Crippen LogP contribution in [0, 0.1) is 40.9 Å². The van der Waals surface area contributed by atoms with Crippen LogP contribution < -0.4 is 0 Å². The number of allylic oxidation sites excluding steroid dienone is 1. The van der Waals surface area contributed by atoms with Crippen molar-refractivity contribution in [2.24, 2.45) is 40.9 Å². The Bertz CT molecular complexity index is 590. The Kier molecular flexibility index (Phi) is 3.31. The molecule has 4 aliphatic rings. The maximum atomic E-state index is 13.2. The second kappa shape index (κ2) is 4.94. The summed E-state index contributed by atoms with van der Waals surface area (Å²) in [6.07, 6.45) is 6.04. The number of carbonyl (C=O) groups excluding carboxylic acids is 2. The van der Waals surface area contributed by atoms with Crippen LogP contribution in [0.25, 0.3) is 0 Å². The minimum atomic E-state index is -0.392. The van der Waals surface area contributed by atoms with E-state index in [1.807, 2.05) is 0 Å². The number of carbonyl (C=O) groups is 2. The van der Waals surface area contributed by atoms with E-state index in [-0.39, 0.29) is 29.8 Å². The zero-order valence-electron chi connectivity index (χ0n) is 14.7. The minimum absolute atomic E-state index is 0.0609. The minimum Gasteiger partial charge on any atom is -0.461 e. The van der Waals surface area contributed by atoms with Crippen molar-refractivity contribution in [2.75, 3.05) is 0 Å².